The van der Waals surface area contributed by atoms with E-state index in [1.165, 1.54) is 0 Å². The number of hydrogen-bond acceptors (Lipinski definition) is 4. The molecule has 1 unspecified atom stereocenters. The third-order valence-electron chi connectivity index (χ3n) is 2.35. The minimum atomic E-state index is 0.0438. The average molecular weight is 217 g/mol. The summed E-state index contributed by atoms with van der Waals surface area (Å²) in [5, 5.41) is 3.91. The molecule has 1 aromatic carbocycles. The van der Waals surface area contributed by atoms with Crippen molar-refractivity contribution in [3.8, 4) is 11.5 Å². The standard InChI is InChI=1S/C12H15N3O/c1-8-5-3-4-6-10(8)12-14-11(15-16-12)7-9(2)13/h3-6,9H,7,13H2,1-2H3. The van der Waals surface area contributed by atoms with E-state index in [0.29, 0.717) is 18.1 Å². The van der Waals surface area contributed by atoms with E-state index in [0.717, 1.165) is 11.1 Å². The average Bonchev–Trinajstić information content (AvgIpc) is 2.66. The first-order valence-electron chi connectivity index (χ1n) is 5.31. The van der Waals surface area contributed by atoms with Gasteiger partial charge < -0.3 is 10.3 Å². The third kappa shape index (κ3) is 2.28. The molecule has 0 spiro atoms. The summed E-state index contributed by atoms with van der Waals surface area (Å²) in [4.78, 5) is 4.32. The van der Waals surface area contributed by atoms with Crippen molar-refractivity contribution in [2.75, 3.05) is 0 Å². The molecule has 84 valence electrons. The van der Waals surface area contributed by atoms with Gasteiger partial charge in [-0.2, -0.15) is 4.98 Å². The van der Waals surface area contributed by atoms with E-state index in [1.54, 1.807) is 0 Å². The molecule has 2 aromatic rings. The molecule has 1 aromatic heterocycles. The number of aryl methyl sites for hydroxylation is 1. The highest BCUT2D eigenvalue weighted by atomic mass is 16.5. The van der Waals surface area contributed by atoms with Gasteiger partial charge in [0.25, 0.3) is 5.89 Å². The molecule has 0 aliphatic rings. The fourth-order valence-corrected chi connectivity index (χ4v) is 1.55. The Balaban J connectivity index is 2.28. The monoisotopic (exact) mass is 217 g/mol. The van der Waals surface area contributed by atoms with E-state index in [2.05, 4.69) is 10.1 Å². The van der Waals surface area contributed by atoms with Crippen LogP contribution in [-0.4, -0.2) is 16.2 Å². The van der Waals surface area contributed by atoms with E-state index in [4.69, 9.17) is 10.3 Å². The molecule has 4 nitrogen and oxygen atoms in total. The second-order valence-corrected chi connectivity index (χ2v) is 4.01. The Hall–Kier alpha value is -1.68. The van der Waals surface area contributed by atoms with E-state index in [1.807, 2.05) is 38.1 Å². The Kier molecular flexibility index (Phi) is 3.01. The van der Waals surface area contributed by atoms with Gasteiger partial charge in [0.05, 0.1) is 0 Å². The summed E-state index contributed by atoms with van der Waals surface area (Å²) in [5.74, 6) is 1.22. The second kappa shape index (κ2) is 4.45. The van der Waals surface area contributed by atoms with Crippen LogP contribution in [-0.2, 0) is 6.42 Å². The molecule has 4 heteroatoms. The number of nitrogens with zero attached hydrogens (tertiary/aromatic N) is 2. The van der Waals surface area contributed by atoms with Crippen molar-refractivity contribution < 1.29 is 4.52 Å². The highest BCUT2D eigenvalue weighted by molar-refractivity contribution is 5.57. The van der Waals surface area contributed by atoms with Gasteiger partial charge in [-0.15, -0.1) is 0 Å². The zero-order valence-corrected chi connectivity index (χ0v) is 9.47. The predicted molar refractivity (Wildman–Crippen MR) is 61.8 cm³/mol. The number of benzene rings is 1. The van der Waals surface area contributed by atoms with E-state index >= 15 is 0 Å². The molecule has 1 heterocycles. The van der Waals surface area contributed by atoms with Crippen LogP contribution in [0.2, 0.25) is 0 Å². The molecular formula is C12H15N3O. The summed E-state index contributed by atoms with van der Waals surface area (Å²) in [6, 6.07) is 7.97. The summed E-state index contributed by atoms with van der Waals surface area (Å²) in [7, 11) is 0. The molecule has 0 radical (unpaired) electrons. The molecule has 0 aliphatic carbocycles. The summed E-state index contributed by atoms with van der Waals surface area (Å²) in [6.45, 7) is 3.94. The molecule has 0 saturated heterocycles. The van der Waals surface area contributed by atoms with Crippen LogP contribution in [0.4, 0.5) is 0 Å². The highest BCUT2D eigenvalue weighted by Gasteiger charge is 2.11. The zero-order chi connectivity index (χ0) is 11.5. The van der Waals surface area contributed by atoms with Crippen LogP contribution in [0.3, 0.4) is 0 Å². The SMILES string of the molecule is Cc1ccccc1-c1nc(CC(C)N)no1. The Labute approximate surface area is 94.5 Å². The van der Waals surface area contributed by atoms with Crippen molar-refractivity contribution in [2.45, 2.75) is 26.3 Å². The van der Waals surface area contributed by atoms with Crippen LogP contribution < -0.4 is 5.73 Å². The van der Waals surface area contributed by atoms with Crippen LogP contribution in [0, 0.1) is 6.92 Å². The van der Waals surface area contributed by atoms with Crippen molar-refractivity contribution in [1.82, 2.24) is 10.1 Å². The second-order valence-electron chi connectivity index (χ2n) is 4.01. The minimum absolute atomic E-state index is 0.0438. The maximum Gasteiger partial charge on any atom is 0.258 e. The first-order chi connectivity index (χ1) is 7.66. The molecular weight excluding hydrogens is 202 g/mol. The molecule has 16 heavy (non-hydrogen) atoms. The summed E-state index contributed by atoms with van der Waals surface area (Å²) >= 11 is 0. The molecule has 1 atom stereocenters. The van der Waals surface area contributed by atoms with Crippen LogP contribution in [0.5, 0.6) is 0 Å². The topological polar surface area (TPSA) is 64.9 Å². The Morgan fingerprint density at radius 1 is 1.38 bits per heavy atom. The van der Waals surface area contributed by atoms with Crippen molar-refractivity contribution in [3.63, 3.8) is 0 Å². The van der Waals surface area contributed by atoms with Gasteiger partial charge in [0.1, 0.15) is 0 Å². The van der Waals surface area contributed by atoms with Gasteiger partial charge in [0.15, 0.2) is 5.82 Å². The van der Waals surface area contributed by atoms with Crippen molar-refractivity contribution >= 4 is 0 Å². The van der Waals surface area contributed by atoms with E-state index < -0.39 is 0 Å². The van der Waals surface area contributed by atoms with Crippen LogP contribution >= 0.6 is 0 Å². The van der Waals surface area contributed by atoms with Crippen molar-refractivity contribution in [2.24, 2.45) is 5.73 Å². The van der Waals surface area contributed by atoms with Crippen LogP contribution in [0.25, 0.3) is 11.5 Å². The van der Waals surface area contributed by atoms with Crippen molar-refractivity contribution in [1.29, 1.82) is 0 Å². The van der Waals surface area contributed by atoms with Crippen molar-refractivity contribution in [3.05, 3.63) is 35.7 Å². The summed E-state index contributed by atoms with van der Waals surface area (Å²) in [6.07, 6.45) is 0.634. The van der Waals surface area contributed by atoms with Gasteiger partial charge in [-0.1, -0.05) is 23.4 Å². The lowest BCUT2D eigenvalue weighted by molar-refractivity contribution is 0.420. The highest BCUT2D eigenvalue weighted by Crippen LogP contribution is 2.20. The molecule has 0 fully saturated rings. The normalized spacial score (nSPS) is 12.7. The fourth-order valence-electron chi connectivity index (χ4n) is 1.55. The van der Waals surface area contributed by atoms with Gasteiger partial charge in [-0.25, -0.2) is 0 Å². The minimum Gasteiger partial charge on any atom is -0.334 e. The molecule has 2 rings (SSSR count). The van der Waals surface area contributed by atoms with Crippen LogP contribution in [0.15, 0.2) is 28.8 Å². The van der Waals surface area contributed by atoms with Gasteiger partial charge in [0, 0.05) is 18.0 Å². The van der Waals surface area contributed by atoms with E-state index in [9.17, 15) is 0 Å². The molecule has 0 amide bonds. The predicted octanol–water partition coefficient (Wildman–Crippen LogP) is 1.93. The number of rotatable bonds is 3. The largest absolute Gasteiger partial charge is 0.334 e. The smallest absolute Gasteiger partial charge is 0.258 e. The van der Waals surface area contributed by atoms with Gasteiger partial charge >= 0.3 is 0 Å². The maximum atomic E-state index is 5.68. The van der Waals surface area contributed by atoms with Gasteiger partial charge in [0.2, 0.25) is 0 Å². The lowest BCUT2D eigenvalue weighted by Crippen LogP contribution is -2.18. The number of nitrogens with two attached hydrogens (primary N) is 1. The fraction of sp³-hybridized carbons (Fsp3) is 0.333. The number of aromatic nitrogens is 2. The molecule has 0 bridgehead atoms. The third-order valence-corrected chi connectivity index (χ3v) is 2.35. The van der Waals surface area contributed by atoms with Gasteiger partial charge in [-0.05, 0) is 25.5 Å². The first kappa shape index (κ1) is 10.8. The Morgan fingerprint density at radius 2 is 2.12 bits per heavy atom. The number of hydrogen-bond donors (Lipinski definition) is 1. The van der Waals surface area contributed by atoms with E-state index in [-0.39, 0.29) is 6.04 Å². The van der Waals surface area contributed by atoms with Crippen LogP contribution in [0.1, 0.15) is 18.3 Å². The lowest BCUT2D eigenvalue weighted by Gasteiger charge is -1.98. The molecule has 0 saturated carbocycles. The summed E-state index contributed by atoms with van der Waals surface area (Å²) in [5.41, 5.74) is 7.78. The summed E-state index contributed by atoms with van der Waals surface area (Å²) < 4.78 is 5.22. The lowest BCUT2D eigenvalue weighted by atomic mass is 10.1. The zero-order valence-electron chi connectivity index (χ0n) is 9.47. The molecule has 0 aliphatic heterocycles. The maximum absolute atomic E-state index is 5.68. The Morgan fingerprint density at radius 3 is 2.81 bits per heavy atom. The first-order valence-corrected chi connectivity index (χ1v) is 5.31. The van der Waals surface area contributed by atoms with Gasteiger partial charge in [-0.3, -0.25) is 0 Å². The Bertz CT molecular complexity index is 477. The quantitative estimate of drug-likeness (QED) is 0.853. The molecule has 2 N–H and O–H groups in total.